The molecule has 0 atom stereocenters. The summed E-state index contributed by atoms with van der Waals surface area (Å²) in [5, 5.41) is 2.19. The Morgan fingerprint density at radius 2 is 2.12 bits per heavy atom. The van der Waals surface area contributed by atoms with Crippen molar-refractivity contribution < 1.29 is 18.7 Å². The molecule has 0 bridgehead atoms. The highest BCUT2D eigenvalue weighted by atomic mass is 19.1. The Bertz CT molecular complexity index is 422. The molecule has 0 aromatic heterocycles. The maximum Gasteiger partial charge on any atom is 0.419 e. The number of ether oxygens (including phenoxy) is 1. The lowest BCUT2D eigenvalue weighted by Gasteiger charge is -2.05. The summed E-state index contributed by atoms with van der Waals surface area (Å²) in [6, 6.07) is 3.55. The first-order chi connectivity index (χ1) is 7.52. The first-order valence-corrected chi connectivity index (χ1v) is 4.29. The molecule has 1 amide bonds. The highest BCUT2D eigenvalue weighted by molar-refractivity contribution is 5.93. The molecule has 0 spiro atoms. The van der Waals surface area contributed by atoms with Crippen LogP contribution in [0.1, 0.15) is 0 Å². The molecule has 16 heavy (non-hydrogen) atoms. The van der Waals surface area contributed by atoms with E-state index in [9.17, 15) is 14.0 Å². The van der Waals surface area contributed by atoms with Gasteiger partial charge in [0.2, 0.25) is 0 Å². The fraction of sp³-hybridized carbons (Fsp3) is 0.111. The van der Waals surface area contributed by atoms with E-state index < -0.39 is 24.4 Å². The molecule has 5 N–H and O–H groups in total. The highest BCUT2D eigenvalue weighted by Gasteiger charge is 2.09. The van der Waals surface area contributed by atoms with Crippen LogP contribution in [-0.4, -0.2) is 18.6 Å². The minimum atomic E-state index is -0.999. The highest BCUT2D eigenvalue weighted by Crippen LogP contribution is 2.16. The van der Waals surface area contributed by atoms with Crippen LogP contribution in [0.4, 0.5) is 20.6 Å². The monoisotopic (exact) mass is 227 g/mol. The SMILES string of the molecule is NCC(=O)OC(=O)Nc1ccc(F)c(N)c1. The maximum atomic E-state index is 12.8. The Hall–Kier alpha value is -2.15. The zero-order valence-electron chi connectivity index (χ0n) is 8.20. The quantitative estimate of drug-likeness (QED) is 0.386. The molecular formula is C9H10FN3O3. The van der Waals surface area contributed by atoms with Crippen molar-refractivity contribution in [2.75, 3.05) is 17.6 Å². The Morgan fingerprint density at radius 1 is 1.44 bits per heavy atom. The minimum Gasteiger partial charge on any atom is -0.396 e. The molecule has 0 aliphatic rings. The predicted octanol–water partition coefficient (Wildman–Crippen LogP) is 0.442. The van der Waals surface area contributed by atoms with Crippen molar-refractivity contribution in [1.29, 1.82) is 0 Å². The Kier molecular flexibility index (Phi) is 3.78. The second-order valence-corrected chi connectivity index (χ2v) is 2.83. The lowest BCUT2D eigenvalue weighted by molar-refractivity contribution is -0.135. The number of anilines is 2. The Balaban J connectivity index is 2.63. The average Bonchev–Trinajstić information content (AvgIpc) is 2.23. The van der Waals surface area contributed by atoms with E-state index in [1.807, 2.05) is 0 Å². The number of carbonyl (C=O) groups excluding carboxylic acids is 2. The van der Waals surface area contributed by atoms with Gasteiger partial charge >= 0.3 is 12.1 Å². The molecule has 0 fully saturated rings. The number of carbonyl (C=O) groups is 2. The summed E-state index contributed by atoms with van der Waals surface area (Å²) in [6.45, 7) is -0.404. The molecule has 0 heterocycles. The van der Waals surface area contributed by atoms with Gasteiger partial charge in [-0.15, -0.1) is 0 Å². The third-order valence-corrected chi connectivity index (χ3v) is 1.62. The second-order valence-electron chi connectivity index (χ2n) is 2.83. The van der Waals surface area contributed by atoms with Crippen molar-refractivity contribution in [3.05, 3.63) is 24.0 Å². The minimum absolute atomic E-state index is 0.122. The van der Waals surface area contributed by atoms with E-state index in [1.165, 1.54) is 12.1 Å². The van der Waals surface area contributed by atoms with Gasteiger partial charge in [0, 0.05) is 5.69 Å². The molecule has 0 radical (unpaired) electrons. The van der Waals surface area contributed by atoms with Crippen molar-refractivity contribution in [3.63, 3.8) is 0 Å². The van der Waals surface area contributed by atoms with Crippen LogP contribution in [0.15, 0.2) is 18.2 Å². The zero-order valence-corrected chi connectivity index (χ0v) is 8.20. The number of nitrogens with one attached hydrogen (secondary N) is 1. The number of nitrogen functional groups attached to an aromatic ring is 1. The molecule has 0 unspecified atom stereocenters. The fourth-order valence-corrected chi connectivity index (χ4v) is 0.910. The van der Waals surface area contributed by atoms with Crippen molar-refractivity contribution >= 4 is 23.4 Å². The van der Waals surface area contributed by atoms with Crippen LogP contribution in [0.2, 0.25) is 0 Å². The number of amides is 1. The maximum absolute atomic E-state index is 12.8. The van der Waals surface area contributed by atoms with Crippen LogP contribution in [0.25, 0.3) is 0 Å². The number of halogens is 1. The van der Waals surface area contributed by atoms with Gasteiger partial charge < -0.3 is 16.2 Å². The number of nitrogens with two attached hydrogens (primary N) is 2. The number of hydrogen-bond donors (Lipinski definition) is 3. The van der Waals surface area contributed by atoms with Gasteiger partial charge in [-0.05, 0) is 18.2 Å². The summed E-state index contributed by atoms with van der Waals surface area (Å²) < 4.78 is 17.0. The molecule has 6 nitrogen and oxygen atoms in total. The van der Waals surface area contributed by atoms with Gasteiger partial charge in [0.05, 0.1) is 12.2 Å². The number of benzene rings is 1. The summed E-state index contributed by atoms with van der Waals surface area (Å²) in [7, 11) is 0. The molecule has 0 saturated heterocycles. The largest absolute Gasteiger partial charge is 0.419 e. The molecule has 0 saturated carbocycles. The summed E-state index contributed by atoms with van der Waals surface area (Å²) in [5.74, 6) is -1.47. The van der Waals surface area contributed by atoms with Gasteiger partial charge in [0.1, 0.15) is 5.82 Å². The van der Waals surface area contributed by atoms with Gasteiger partial charge in [0.15, 0.2) is 0 Å². The number of hydrogen-bond acceptors (Lipinski definition) is 5. The first kappa shape index (κ1) is 11.9. The van der Waals surface area contributed by atoms with Crippen molar-refractivity contribution in [1.82, 2.24) is 0 Å². The molecule has 1 aromatic carbocycles. The molecular weight excluding hydrogens is 217 g/mol. The van der Waals surface area contributed by atoms with Crippen LogP contribution in [0.5, 0.6) is 0 Å². The van der Waals surface area contributed by atoms with E-state index >= 15 is 0 Å². The van der Waals surface area contributed by atoms with E-state index in [4.69, 9.17) is 11.5 Å². The summed E-state index contributed by atoms with van der Waals surface area (Å²) in [4.78, 5) is 21.7. The Morgan fingerprint density at radius 3 is 2.69 bits per heavy atom. The average molecular weight is 227 g/mol. The van der Waals surface area contributed by atoms with Gasteiger partial charge in [0.25, 0.3) is 0 Å². The van der Waals surface area contributed by atoms with E-state index in [2.05, 4.69) is 10.1 Å². The second kappa shape index (κ2) is 5.08. The van der Waals surface area contributed by atoms with Gasteiger partial charge in [-0.25, -0.2) is 9.18 Å². The van der Waals surface area contributed by atoms with E-state index in [-0.39, 0.29) is 11.4 Å². The van der Waals surface area contributed by atoms with Gasteiger partial charge in [-0.3, -0.25) is 10.1 Å². The molecule has 1 aromatic rings. The molecule has 1 rings (SSSR count). The third kappa shape index (κ3) is 3.21. The lowest BCUT2D eigenvalue weighted by Crippen LogP contribution is -2.24. The van der Waals surface area contributed by atoms with E-state index in [0.29, 0.717) is 0 Å². The summed E-state index contributed by atoms with van der Waals surface area (Å²) in [5.41, 5.74) is 10.3. The van der Waals surface area contributed by atoms with Crippen LogP contribution in [0, 0.1) is 5.82 Å². The fourth-order valence-electron chi connectivity index (χ4n) is 0.910. The Labute approximate surface area is 90.4 Å². The molecule has 86 valence electrons. The van der Waals surface area contributed by atoms with Crippen LogP contribution in [-0.2, 0) is 9.53 Å². The van der Waals surface area contributed by atoms with Crippen molar-refractivity contribution in [2.24, 2.45) is 5.73 Å². The number of rotatable bonds is 2. The van der Waals surface area contributed by atoms with Crippen LogP contribution >= 0.6 is 0 Å². The number of esters is 1. The van der Waals surface area contributed by atoms with Crippen LogP contribution in [0.3, 0.4) is 0 Å². The summed E-state index contributed by atoms with van der Waals surface area (Å²) >= 11 is 0. The third-order valence-electron chi connectivity index (χ3n) is 1.62. The standard InChI is InChI=1S/C9H10FN3O3/c10-6-2-1-5(3-7(6)12)13-9(15)16-8(14)4-11/h1-3H,4,11-12H2,(H,13,15). The topological polar surface area (TPSA) is 107 Å². The zero-order chi connectivity index (χ0) is 12.1. The first-order valence-electron chi connectivity index (χ1n) is 4.29. The summed E-state index contributed by atoms with van der Waals surface area (Å²) in [6.07, 6.45) is -0.999. The van der Waals surface area contributed by atoms with Gasteiger partial charge in [-0.1, -0.05) is 0 Å². The van der Waals surface area contributed by atoms with Crippen molar-refractivity contribution in [3.8, 4) is 0 Å². The predicted molar refractivity (Wildman–Crippen MR) is 55.0 cm³/mol. The van der Waals surface area contributed by atoms with E-state index in [1.54, 1.807) is 0 Å². The normalized spacial score (nSPS) is 9.62. The molecule has 7 heteroatoms. The van der Waals surface area contributed by atoms with Crippen LogP contribution < -0.4 is 16.8 Å². The van der Waals surface area contributed by atoms with Crippen molar-refractivity contribution in [2.45, 2.75) is 0 Å². The van der Waals surface area contributed by atoms with Gasteiger partial charge in [-0.2, -0.15) is 0 Å². The lowest BCUT2D eigenvalue weighted by atomic mass is 10.3. The molecule has 0 aliphatic carbocycles. The van der Waals surface area contributed by atoms with E-state index in [0.717, 1.165) is 6.07 Å². The smallest absolute Gasteiger partial charge is 0.396 e. The molecule has 0 aliphatic heterocycles.